The van der Waals surface area contributed by atoms with Crippen LogP contribution in [0, 0.1) is 0 Å². The normalized spacial score (nSPS) is 11.3. The molecule has 134 valence electrons. The van der Waals surface area contributed by atoms with Crippen LogP contribution in [0.1, 0.15) is 48.0 Å². The third kappa shape index (κ3) is 4.42. The summed E-state index contributed by atoms with van der Waals surface area (Å²) in [5.41, 5.74) is 3.08. The van der Waals surface area contributed by atoms with Gasteiger partial charge in [0.1, 0.15) is 5.76 Å². The lowest BCUT2D eigenvalue weighted by Gasteiger charge is -2.23. The fourth-order valence-corrected chi connectivity index (χ4v) is 2.89. The summed E-state index contributed by atoms with van der Waals surface area (Å²) >= 11 is 0. The second-order valence-electron chi connectivity index (χ2n) is 7.55. The smallest absolute Gasteiger partial charge is 0.254 e. The lowest BCUT2D eigenvalue weighted by atomic mass is 9.86. The maximum Gasteiger partial charge on any atom is 0.254 e. The Bertz CT molecular complexity index is 828. The average molecular weight is 347 g/mol. The van der Waals surface area contributed by atoms with Gasteiger partial charge in [0.05, 0.1) is 12.8 Å². The molecule has 1 heterocycles. The standard InChI is InChI=1S/C23H25NO2/c1-23(2,3)20-13-11-19(12-14-20)22(25)24(17-21-10-7-15-26-21)16-18-8-5-4-6-9-18/h4-15H,16-17H2,1-3H3. The van der Waals surface area contributed by atoms with E-state index >= 15 is 0 Å². The van der Waals surface area contributed by atoms with Gasteiger partial charge < -0.3 is 9.32 Å². The summed E-state index contributed by atoms with van der Waals surface area (Å²) in [6, 6.07) is 21.7. The number of hydrogen-bond acceptors (Lipinski definition) is 2. The van der Waals surface area contributed by atoms with Crippen LogP contribution in [-0.2, 0) is 18.5 Å². The van der Waals surface area contributed by atoms with Crippen LogP contribution in [0.4, 0.5) is 0 Å². The molecule has 3 heteroatoms. The molecule has 0 fully saturated rings. The van der Waals surface area contributed by atoms with Crippen LogP contribution in [0.2, 0.25) is 0 Å². The van der Waals surface area contributed by atoms with Crippen LogP contribution in [0.25, 0.3) is 0 Å². The Morgan fingerprint density at radius 1 is 0.885 bits per heavy atom. The van der Waals surface area contributed by atoms with E-state index in [0.29, 0.717) is 18.7 Å². The Hall–Kier alpha value is -2.81. The summed E-state index contributed by atoms with van der Waals surface area (Å²) in [6.07, 6.45) is 1.64. The molecule has 2 aromatic carbocycles. The predicted molar refractivity (Wildman–Crippen MR) is 104 cm³/mol. The first-order valence-corrected chi connectivity index (χ1v) is 8.89. The lowest BCUT2D eigenvalue weighted by molar-refractivity contribution is 0.0717. The molecule has 0 saturated carbocycles. The van der Waals surface area contributed by atoms with E-state index in [1.54, 1.807) is 6.26 Å². The van der Waals surface area contributed by atoms with Crippen molar-refractivity contribution in [3.63, 3.8) is 0 Å². The minimum absolute atomic E-state index is 0.00529. The molecule has 0 aliphatic heterocycles. The molecular formula is C23H25NO2. The van der Waals surface area contributed by atoms with Crippen molar-refractivity contribution in [2.75, 3.05) is 0 Å². The molecule has 0 aliphatic carbocycles. The second kappa shape index (κ2) is 7.61. The first kappa shape index (κ1) is 18.0. The zero-order chi connectivity index (χ0) is 18.6. The molecule has 0 aliphatic rings. The van der Waals surface area contributed by atoms with Gasteiger partial charge in [-0.1, -0.05) is 63.2 Å². The highest BCUT2D eigenvalue weighted by Gasteiger charge is 2.19. The van der Waals surface area contributed by atoms with Gasteiger partial charge in [0.25, 0.3) is 5.91 Å². The summed E-state index contributed by atoms with van der Waals surface area (Å²) in [4.78, 5) is 14.9. The molecule has 0 bridgehead atoms. The first-order valence-electron chi connectivity index (χ1n) is 8.89. The molecule has 0 N–H and O–H groups in total. The molecule has 0 radical (unpaired) electrons. The highest BCUT2D eigenvalue weighted by molar-refractivity contribution is 5.94. The summed E-state index contributed by atoms with van der Waals surface area (Å²) in [7, 11) is 0. The predicted octanol–water partition coefficient (Wildman–Crippen LogP) is 5.42. The lowest BCUT2D eigenvalue weighted by Crippen LogP contribution is -2.30. The van der Waals surface area contributed by atoms with Crippen LogP contribution in [0.15, 0.2) is 77.4 Å². The van der Waals surface area contributed by atoms with E-state index < -0.39 is 0 Å². The highest BCUT2D eigenvalue weighted by Crippen LogP contribution is 2.23. The van der Waals surface area contributed by atoms with Crippen molar-refractivity contribution in [1.82, 2.24) is 4.90 Å². The molecule has 3 rings (SSSR count). The van der Waals surface area contributed by atoms with Gasteiger partial charge >= 0.3 is 0 Å². The number of furan rings is 1. The third-order valence-electron chi connectivity index (χ3n) is 4.43. The maximum atomic E-state index is 13.1. The number of rotatable bonds is 5. The van der Waals surface area contributed by atoms with Gasteiger partial charge in [0.2, 0.25) is 0 Å². The van der Waals surface area contributed by atoms with Crippen LogP contribution < -0.4 is 0 Å². The SMILES string of the molecule is CC(C)(C)c1ccc(C(=O)N(Cc2ccccc2)Cc2ccco2)cc1. The molecule has 1 aromatic heterocycles. The average Bonchev–Trinajstić information content (AvgIpc) is 3.14. The van der Waals surface area contributed by atoms with Gasteiger partial charge in [-0.15, -0.1) is 0 Å². The Kier molecular flexibility index (Phi) is 5.27. The van der Waals surface area contributed by atoms with E-state index in [0.717, 1.165) is 11.3 Å². The maximum absolute atomic E-state index is 13.1. The Morgan fingerprint density at radius 2 is 1.58 bits per heavy atom. The molecule has 1 amide bonds. The van der Waals surface area contributed by atoms with E-state index in [2.05, 4.69) is 20.8 Å². The fourth-order valence-electron chi connectivity index (χ4n) is 2.89. The van der Waals surface area contributed by atoms with Crippen molar-refractivity contribution in [2.24, 2.45) is 0 Å². The van der Waals surface area contributed by atoms with Gasteiger partial charge in [0.15, 0.2) is 0 Å². The van der Waals surface area contributed by atoms with Gasteiger partial charge in [-0.2, -0.15) is 0 Å². The van der Waals surface area contributed by atoms with Crippen LogP contribution in [-0.4, -0.2) is 10.8 Å². The monoisotopic (exact) mass is 347 g/mol. The number of nitrogens with zero attached hydrogens (tertiary/aromatic N) is 1. The number of benzene rings is 2. The molecule has 0 atom stereocenters. The Labute approximate surface area is 155 Å². The van der Waals surface area contributed by atoms with Crippen LogP contribution in [0.3, 0.4) is 0 Å². The van der Waals surface area contributed by atoms with E-state index in [1.807, 2.05) is 71.6 Å². The number of carbonyl (C=O) groups is 1. The van der Waals surface area contributed by atoms with Crippen molar-refractivity contribution in [3.05, 3.63) is 95.4 Å². The number of carbonyl (C=O) groups excluding carboxylic acids is 1. The minimum atomic E-state index is 0.00529. The molecule has 26 heavy (non-hydrogen) atoms. The first-order chi connectivity index (χ1) is 12.4. The molecule has 0 spiro atoms. The van der Waals surface area contributed by atoms with Crippen molar-refractivity contribution < 1.29 is 9.21 Å². The molecule has 0 saturated heterocycles. The molecule has 3 aromatic rings. The summed E-state index contributed by atoms with van der Waals surface area (Å²) in [5.74, 6) is 0.784. The molecule has 3 nitrogen and oxygen atoms in total. The zero-order valence-corrected chi connectivity index (χ0v) is 15.6. The van der Waals surface area contributed by atoms with Gasteiger partial charge in [-0.3, -0.25) is 4.79 Å². The number of hydrogen-bond donors (Lipinski definition) is 0. The molecular weight excluding hydrogens is 322 g/mol. The highest BCUT2D eigenvalue weighted by atomic mass is 16.3. The van der Waals surface area contributed by atoms with Crippen molar-refractivity contribution in [2.45, 2.75) is 39.3 Å². The quantitative estimate of drug-likeness (QED) is 0.617. The summed E-state index contributed by atoms with van der Waals surface area (Å²) in [6.45, 7) is 7.50. The van der Waals surface area contributed by atoms with Crippen LogP contribution in [0.5, 0.6) is 0 Å². The third-order valence-corrected chi connectivity index (χ3v) is 4.43. The van der Waals surface area contributed by atoms with Gasteiger partial charge in [0, 0.05) is 12.1 Å². The van der Waals surface area contributed by atoms with Crippen molar-refractivity contribution in [1.29, 1.82) is 0 Å². The minimum Gasteiger partial charge on any atom is -0.467 e. The largest absolute Gasteiger partial charge is 0.467 e. The van der Waals surface area contributed by atoms with E-state index in [9.17, 15) is 4.79 Å². The van der Waals surface area contributed by atoms with E-state index in [-0.39, 0.29) is 11.3 Å². The molecule has 0 unspecified atom stereocenters. The summed E-state index contributed by atoms with van der Waals surface area (Å²) < 4.78 is 5.46. The van der Waals surface area contributed by atoms with E-state index in [1.165, 1.54) is 5.56 Å². The Morgan fingerprint density at radius 3 is 2.15 bits per heavy atom. The van der Waals surface area contributed by atoms with Gasteiger partial charge in [-0.05, 0) is 40.8 Å². The van der Waals surface area contributed by atoms with E-state index in [4.69, 9.17) is 4.42 Å². The number of amides is 1. The van der Waals surface area contributed by atoms with Crippen molar-refractivity contribution >= 4 is 5.91 Å². The Balaban J connectivity index is 1.84. The van der Waals surface area contributed by atoms with Crippen molar-refractivity contribution in [3.8, 4) is 0 Å². The fraction of sp³-hybridized carbons (Fsp3) is 0.261. The topological polar surface area (TPSA) is 33.5 Å². The second-order valence-corrected chi connectivity index (χ2v) is 7.55. The zero-order valence-electron chi connectivity index (χ0n) is 15.6. The summed E-state index contributed by atoms with van der Waals surface area (Å²) in [5, 5.41) is 0. The van der Waals surface area contributed by atoms with Gasteiger partial charge in [-0.25, -0.2) is 0 Å². The van der Waals surface area contributed by atoms with Crippen LogP contribution >= 0.6 is 0 Å².